The molecule has 0 aliphatic carbocycles. The fourth-order valence-electron chi connectivity index (χ4n) is 3.86. The average molecular weight is 355 g/mol. The molecule has 0 spiro atoms. The van der Waals surface area contributed by atoms with E-state index in [1.807, 2.05) is 35.2 Å². The zero-order valence-electron chi connectivity index (χ0n) is 14.9. The number of aromatic nitrogens is 1. The minimum Gasteiger partial charge on any atom is -0.396 e. The third kappa shape index (κ3) is 3.39. The molecule has 2 aliphatic rings. The van der Waals surface area contributed by atoms with Crippen molar-refractivity contribution in [2.24, 2.45) is 5.92 Å². The summed E-state index contributed by atoms with van der Waals surface area (Å²) in [6, 6.07) is 9.76. The molecule has 1 amide bonds. The highest BCUT2D eigenvalue weighted by Gasteiger charge is 2.25. The van der Waals surface area contributed by atoms with E-state index in [0.29, 0.717) is 31.9 Å². The van der Waals surface area contributed by atoms with Crippen LogP contribution in [0.2, 0.25) is 0 Å². The lowest BCUT2D eigenvalue weighted by Gasteiger charge is -2.33. The number of nitrogens with zero attached hydrogens (tertiary/aromatic N) is 3. The minimum atomic E-state index is 0.0452. The molecule has 1 N–H and O–H groups in total. The van der Waals surface area contributed by atoms with E-state index in [4.69, 9.17) is 9.72 Å². The standard InChI is InChI=1S/C20H25N3O3/c24-14-15-4-3-7-23(13-15)19-12-17(16-5-1-2-6-18(16)21-19)20(25)22-8-10-26-11-9-22/h1-2,5-6,12,15,24H,3-4,7-11,13-14H2. The van der Waals surface area contributed by atoms with Crippen molar-refractivity contribution in [3.05, 3.63) is 35.9 Å². The number of para-hydroxylation sites is 1. The molecule has 26 heavy (non-hydrogen) atoms. The monoisotopic (exact) mass is 355 g/mol. The average Bonchev–Trinajstić information content (AvgIpc) is 2.73. The molecule has 4 rings (SSSR count). The first kappa shape index (κ1) is 17.2. The van der Waals surface area contributed by atoms with E-state index in [1.165, 1.54) is 0 Å². The van der Waals surface area contributed by atoms with Gasteiger partial charge in [0.1, 0.15) is 5.82 Å². The Morgan fingerprint density at radius 3 is 2.85 bits per heavy atom. The number of rotatable bonds is 3. The third-order valence-corrected chi connectivity index (χ3v) is 5.33. The van der Waals surface area contributed by atoms with Crippen molar-refractivity contribution in [2.45, 2.75) is 12.8 Å². The van der Waals surface area contributed by atoms with Gasteiger partial charge in [0.2, 0.25) is 0 Å². The Labute approximate surface area is 153 Å². The lowest BCUT2D eigenvalue weighted by Crippen LogP contribution is -2.41. The molecule has 2 aliphatic heterocycles. The summed E-state index contributed by atoms with van der Waals surface area (Å²) in [7, 11) is 0. The van der Waals surface area contributed by atoms with Crippen LogP contribution < -0.4 is 4.90 Å². The van der Waals surface area contributed by atoms with Crippen molar-refractivity contribution in [3.8, 4) is 0 Å². The van der Waals surface area contributed by atoms with Gasteiger partial charge >= 0.3 is 0 Å². The summed E-state index contributed by atoms with van der Waals surface area (Å²) >= 11 is 0. The number of morpholine rings is 1. The number of ether oxygens (including phenoxy) is 1. The molecule has 2 saturated heterocycles. The molecular weight excluding hydrogens is 330 g/mol. The van der Waals surface area contributed by atoms with E-state index in [1.54, 1.807) is 0 Å². The summed E-state index contributed by atoms with van der Waals surface area (Å²) in [5.74, 6) is 1.15. The number of carbonyl (C=O) groups excluding carboxylic acids is 1. The number of fused-ring (bicyclic) bond motifs is 1. The van der Waals surface area contributed by atoms with Crippen molar-refractivity contribution in [2.75, 3.05) is 50.9 Å². The highest BCUT2D eigenvalue weighted by Crippen LogP contribution is 2.27. The Bertz CT molecular complexity index is 789. The number of aliphatic hydroxyl groups excluding tert-OH is 1. The zero-order valence-corrected chi connectivity index (χ0v) is 14.9. The van der Waals surface area contributed by atoms with E-state index in [0.717, 1.165) is 42.7 Å². The molecule has 0 bridgehead atoms. The van der Waals surface area contributed by atoms with E-state index in [2.05, 4.69) is 4.90 Å². The molecule has 6 heteroatoms. The smallest absolute Gasteiger partial charge is 0.254 e. The summed E-state index contributed by atoms with van der Waals surface area (Å²) in [6.45, 7) is 4.32. The van der Waals surface area contributed by atoms with E-state index >= 15 is 0 Å². The molecule has 0 radical (unpaired) electrons. The first-order valence-electron chi connectivity index (χ1n) is 9.39. The maximum atomic E-state index is 13.2. The van der Waals surface area contributed by atoms with Gasteiger partial charge in [-0.05, 0) is 30.9 Å². The van der Waals surface area contributed by atoms with Gasteiger partial charge in [-0.3, -0.25) is 4.79 Å². The van der Waals surface area contributed by atoms with Crippen LogP contribution >= 0.6 is 0 Å². The summed E-state index contributed by atoms with van der Waals surface area (Å²) in [5.41, 5.74) is 1.55. The summed E-state index contributed by atoms with van der Waals surface area (Å²) in [5, 5.41) is 10.4. The number of amides is 1. The number of anilines is 1. The predicted octanol–water partition coefficient (Wildman–Crippen LogP) is 1.92. The molecule has 6 nitrogen and oxygen atoms in total. The van der Waals surface area contributed by atoms with Crippen molar-refractivity contribution < 1.29 is 14.6 Å². The molecule has 2 fully saturated rings. The first-order valence-corrected chi connectivity index (χ1v) is 9.39. The second-order valence-electron chi connectivity index (χ2n) is 7.09. The normalized spacial score (nSPS) is 21.2. The maximum Gasteiger partial charge on any atom is 0.254 e. The molecule has 3 heterocycles. The Kier molecular flexibility index (Phi) is 5.04. The van der Waals surface area contributed by atoms with Gasteiger partial charge in [0.25, 0.3) is 5.91 Å². The summed E-state index contributed by atoms with van der Waals surface area (Å²) < 4.78 is 5.38. The van der Waals surface area contributed by atoms with Gasteiger partial charge < -0.3 is 19.6 Å². The molecule has 138 valence electrons. The van der Waals surface area contributed by atoms with Crippen molar-refractivity contribution >= 4 is 22.6 Å². The van der Waals surface area contributed by atoms with Crippen molar-refractivity contribution in [1.82, 2.24) is 9.88 Å². The number of piperidine rings is 1. The van der Waals surface area contributed by atoms with Crippen LogP contribution in [0.5, 0.6) is 0 Å². The summed E-state index contributed by atoms with van der Waals surface area (Å²) in [4.78, 5) is 22.0. The Morgan fingerprint density at radius 1 is 1.23 bits per heavy atom. The number of pyridine rings is 1. The van der Waals surface area contributed by atoms with Crippen LogP contribution in [0, 0.1) is 5.92 Å². The van der Waals surface area contributed by atoms with E-state index in [9.17, 15) is 9.90 Å². The Hall–Kier alpha value is -2.18. The molecule has 1 aromatic carbocycles. The highest BCUT2D eigenvalue weighted by atomic mass is 16.5. The van der Waals surface area contributed by atoms with E-state index in [-0.39, 0.29) is 18.4 Å². The fraction of sp³-hybridized carbons (Fsp3) is 0.500. The second-order valence-corrected chi connectivity index (χ2v) is 7.09. The third-order valence-electron chi connectivity index (χ3n) is 5.33. The molecule has 0 saturated carbocycles. The quantitative estimate of drug-likeness (QED) is 0.911. The van der Waals surface area contributed by atoms with Gasteiger partial charge in [0.05, 0.1) is 24.3 Å². The Balaban J connectivity index is 1.72. The first-order chi connectivity index (χ1) is 12.8. The highest BCUT2D eigenvalue weighted by molar-refractivity contribution is 6.07. The topological polar surface area (TPSA) is 65.9 Å². The summed E-state index contributed by atoms with van der Waals surface area (Å²) in [6.07, 6.45) is 2.08. The van der Waals surface area contributed by atoms with Crippen LogP contribution in [-0.2, 0) is 4.74 Å². The van der Waals surface area contributed by atoms with Gasteiger partial charge in [-0.15, -0.1) is 0 Å². The maximum absolute atomic E-state index is 13.2. The van der Waals surface area contributed by atoms with E-state index < -0.39 is 0 Å². The number of benzene rings is 1. The van der Waals surface area contributed by atoms with Crippen LogP contribution in [0.1, 0.15) is 23.2 Å². The van der Waals surface area contributed by atoms with Gasteiger partial charge in [0, 0.05) is 38.2 Å². The fourth-order valence-corrected chi connectivity index (χ4v) is 3.86. The molecule has 2 aromatic rings. The van der Waals surface area contributed by atoms with Crippen LogP contribution in [0.3, 0.4) is 0 Å². The predicted molar refractivity (Wildman–Crippen MR) is 100 cm³/mol. The van der Waals surface area contributed by atoms with Crippen LogP contribution in [0.4, 0.5) is 5.82 Å². The van der Waals surface area contributed by atoms with Crippen molar-refractivity contribution in [3.63, 3.8) is 0 Å². The second kappa shape index (κ2) is 7.60. The van der Waals surface area contributed by atoms with Gasteiger partial charge in [-0.1, -0.05) is 18.2 Å². The SMILES string of the molecule is O=C(c1cc(N2CCCC(CO)C2)nc2ccccc12)N1CCOCC1. The van der Waals surface area contributed by atoms with Crippen molar-refractivity contribution in [1.29, 1.82) is 0 Å². The zero-order chi connectivity index (χ0) is 17.9. The molecular formula is C20H25N3O3. The lowest BCUT2D eigenvalue weighted by molar-refractivity contribution is 0.0304. The minimum absolute atomic E-state index is 0.0452. The van der Waals surface area contributed by atoms with Gasteiger partial charge in [-0.2, -0.15) is 0 Å². The lowest BCUT2D eigenvalue weighted by atomic mass is 9.98. The van der Waals surface area contributed by atoms with Gasteiger partial charge in [-0.25, -0.2) is 4.98 Å². The Morgan fingerprint density at radius 2 is 2.04 bits per heavy atom. The molecule has 1 atom stereocenters. The van der Waals surface area contributed by atoms with Crippen LogP contribution in [0.25, 0.3) is 10.9 Å². The number of hydrogen-bond donors (Lipinski definition) is 1. The molecule has 1 aromatic heterocycles. The number of carbonyl (C=O) groups is 1. The molecule has 1 unspecified atom stereocenters. The van der Waals surface area contributed by atoms with Crippen LogP contribution in [0.15, 0.2) is 30.3 Å². The number of hydrogen-bond acceptors (Lipinski definition) is 5. The largest absolute Gasteiger partial charge is 0.396 e. The van der Waals surface area contributed by atoms with Gasteiger partial charge in [0.15, 0.2) is 0 Å². The van der Waals surface area contributed by atoms with Crippen LogP contribution in [-0.4, -0.2) is 66.9 Å². The number of aliphatic hydroxyl groups is 1.